The molecule has 0 amide bonds. The van der Waals surface area contributed by atoms with Crippen LogP contribution in [0.25, 0.3) is 0 Å². The van der Waals surface area contributed by atoms with Crippen LogP contribution in [0.4, 0.5) is 4.39 Å². The summed E-state index contributed by atoms with van der Waals surface area (Å²) in [5, 5.41) is 3.23. The van der Waals surface area contributed by atoms with Crippen molar-refractivity contribution in [3.05, 3.63) is 54.8 Å². The van der Waals surface area contributed by atoms with Crippen molar-refractivity contribution < 1.29 is 4.39 Å². The molecule has 0 spiro atoms. The maximum atomic E-state index is 13.4. The molecule has 0 saturated carbocycles. The number of benzene rings is 1. The van der Waals surface area contributed by atoms with Gasteiger partial charge in [-0.25, -0.2) is 4.39 Å². The van der Waals surface area contributed by atoms with Crippen molar-refractivity contribution in [2.45, 2.75) is 13.1 Å². The van der Waals surface area contributed by atoms with Gasteiger partial charge >= 0.3 is 0 Å². The highest BCUT2D eigenvalue weighted by Crippen LogP contribution is 2.22. The predicted octanol–water partition coefficient (Wildman–Crippen LogP) is 4.70. The molecule has 2 aromatic rings. The number of hydrogen-bond donors (Lipinski definition) is 1. The number of thiophene rings is 1. The van der Waals surface area contributed by atoms with Crippen LogP contribution in [0.3, 0.4) is 0 Å². The number of halogens is 3. The highest BCUT2D eigenvalue weighted by Gasteiger charge is 2.03. The lowest BCUT2D eigenvalue weighted by molar-refractivity contribution is 0.588. The van der Waals surface area contributed by atoms with Gasteiger partial charge in [0.1, 0.15) is 5.82 Å². The summed E-state index contributed by atoms with van der Waals surface area (Å²) in [6.07, 6.45) is 0. The monoisotopic (exact) mass is 377 g/mol. The SMILES string of the molecule is Fc1ccc(Br)cc1CNCc1ccc(Br)s1. The molecule has 1 N–H and O–H groups in total. The van der Waals surface area contributed by atoms with E-state index < -0.39 is 0 Å². The van der Waals surface area contributed by atoms with Gasteiger partial charge in [-0.1, -0.05) is 15.9 Å². The molecule has 2 rings (SSSR count). The highest BCUT2D eigenvalue weighted by atomic mass is 79.9. The average molecular weight is 379 g/mol. The van der Waals surface area contributed by atoms with Crippen LogP contribution in [0.1, 0.15) is 10.4 Å². The second-order valence-electron chi connectivity index (χ2n) is 3.55. The molecule has 0 atom stereocenters. The van der Waals surface area contributed by atoms with Crippen molar-refractivity contribution in [3.8, 4) is 0 Å². The summed E-state index contributed by atoms with van der Waals surface area (Å²) in [5.41, 5.74) is 0.676. The Morgan fingerprint density at radius 1 is 1.12 bits per heavy atom. The van der Waals surface area contributed by atoms with Crippen LogP contribution in [-0.2, 0) is 13.1 Å². The molecule has 0 aliphatic rings. The fourth-order valence-corrected chi connectivity index (χ4v) is 3.31. The molecular formula is C12H10Br2FNS. The van der Waals surface area contributed by atoms with Gasteiger partial charge in [-0.15, -0.1) is 11.3 Å². The molecule has 0 saturated heterocycles. The molecule has 1 heterocycles. The van der Waals surface area contributed by atoms with E-state index in [1.54, 1.807) is 23.5 Å². The Hall–Kier alpha value is -0.230. The lowest BCUT2D eigenvalue weighted by atomic mass is 10.2. The van der Waals surface area contributed by atoms with Crippen LogP contribution in [0.2, 0.25) is 0 Å². The highest BCUT2D eigenvalue weighted by molar-refractivity contribution is 9.11. The number of hydrogen-bond acceptors (Lipinski definition) is 2. The normalized spacial score (nSPS) is 10.8. The fraction of sp³-hybridized carbons (Fsp3) is 0.167. The molecule has 0 aliphatic heterocycles. The Morgan fingerprint density at radius 2 is 1.94 bits per heavy atom. The largest absolute Gasteiger partial charge is 0.308 e. The van der Waals surface area contributed by atoms with Crippen LogP contribution in [-0.4, -0.2) is 0 Å². The lowest BCUT2D eigenvalue weighted by Gasteiger charge is -2.05. The van der Waals surface area contributed by atoms with Gasteiger partial charge < -0.3 is 5.32 Å². The molecule has 0 aliphatic carbocycles. The van der Waals surface area contributed by atoms with E-state index in [4.69, 9.17) is 0 Å². The quantitative estimate of drug-likeness (QED) is 0.812. The Balaban J connectivity index is 1.91. The summed E-state index contributed by atoms with van der Waals surface area (Å²) in [4.78, 5) is 1.23. The average Bonchev–Trinajstić information content (AvgIpc) is 2.69. The van der Waals surface area contributed by atoms with Crippen molar-refractivity contribution in [3.63, 3.8) is 0 Å². The van der Waals surface area contributed by atoms with Crippen LogP contribution >= 0.6 is 43.2 Å². The summed E-state index contributed by atoms with van der Waals surface area (Å²) in [6, 6.07) is 9.05. The molecular weight excluding hydrogens is 369 g/mol. The second-order valence-corrected chi connectivity index (χ2v) is 7.01. The van der Waals surface area contributed by atoms with Gasteiger partial charge in [-0.2, -0.15) is 0 Å². The Morgan fingerprint density at radius 3 is 2.65 bits per heavy atom. The maximum absolute atomic E-state index is 13.4. The molecule has 17 heavy (non-hydrogen) atoms. The van der Waals surface area contributed by atoms with Crippen LogP contribution in [0.15, 0.2) is 38.6 Å². The van der Waals surface area contributed by atoms with Crippen molar-refractivity contribution in [1.29, 1.82) is 0 Å². The van der Waals surface area contributed by atoms with E-state index in [-0.39, 0.29) is 5.82 Å². The standard InChI is InChI=1S/C12H10Br2FNS/c13-9-1-3-11(15)8(5-9)6-16-7-10-2-4-12(14)17-10/h1-5,16H,6-7H2. The summed E-state index contributed by atoms with van der Waals surface area (Å²) in [5.74, 6) is -0.173. The van der Waals surface area contributed by atoms with Gasteiger partial charge in [0.15, 0.2) is 0 Å². The summed E-state index contributed by atoms with van der Waals surface area (Å²) in [6.45, 7) is 1.28. The first-order chi connectivity index (χ1) is 8.15. The van der Waals surface area contributed by atoms with Crippen LogP contribution in [0, 0.1) is 5.82 Å². The molecule has 90 valence electrons. The minimum Gasteiger partial charge on any atom is -0.308 e. The van der Waals surface area contributed by atoms with Crippen LogP contribution in [0.5, 0.6) is 0 Å². The number of nitrogens with one attached hydrogen (secondary N) is 1. The zero-order valence-corrected chi connectivity index (χ0v) is 12.8. The first-order valence-electron chi connectivity index (χ1n) is 5.04. The number of rotatable bonds is 4. The summed E-state index contributed by atoms with van der Waals surface area (Å²) in [7, 11) is 0. The van der Waals surface area contributed by atoms with E-state index >= 15 is 0 Å². The van der Waals surface area contributed by atoms with E-state index in [1.807, 2.05) is 6.07 Å². The molecule has 0 bridgehead atoms. The summed E-state index contributed by atoms with van der Waals surface area (Å²) >= 11 is 8.43. The maximum Gasteiger partial charge on any atom is 0.127 e. The van der Waals surface area contributed by atoms with Gasteiger partial charge in [0, 0.05) is 28.0 Å². The van der Waals surface area contributed by atoms with Gasteiger partial charge in [-0.3, -0.25) is 0 Å². The zero-order valence-electron chi connectivity index (χ0n) is 8.84. The molecule has 0 fully saturated rings. The third-order valence-electron chi connectivity index (χ3n) is 2.25. The molecule has 1 aromatic heterocycles. The molecule has 1 nitrogen and oxygen atoms in total. The van der Waals surface area contributed by atoms with Gasteiger partial charge in [0.2, 0.25) is 0 Å². The predicted molar refractivity (Wildman–Crippen MR) is 76.7 cm³/mol. The van der Waals surface area contributed by atoms with Crippen molar-refractivity contribution in [2.75, 3.05) is 0 Å². The van der Waals surface area contributed by atoms with Crippen molar-refractivity contribution in [1.82, 2.24) is 5.32 Å². The molecule has 0 unspecified atom stereocenters. The van der Waals surface area contributed by atoms with Gasteiger partial charge in [0.25, 0.3) is 0 Å². The molecule has 0 radical (unpaired) electrons. The molecule has 1 aromatic carbocycles. The third kappa shape index (κ3) is 3.88. The third-order valence-corrected chi connectivity index (χ3v) is 4.37. The van der Waals surface area contributed by atoms with Gasteiger partial charge in [-0.05, 0) is 46.3 Å². The minimum atomic E-state index is -0.173. The van der Waals surface area contributed by atoms with E-state index in [1.165, 1.54) is 10.9 Å². The van der Waals surface area contributed by atoms with Crippen LogP contribution < -0.4 is 5.32 Å². The second kappa shape index (κ2) is 6.09. The van der Waals surface area contributed by atoms with E-state index in [2.05, 4.69) is 43.2 Å². The van der Waals surface area contributed by atoms with E-state index in [0.29, 0.717) is 12.1 Å². The first kappa shape index (κ1) is 13.2. The molecule has 5 heteroatoms. The first-order valence-corrected chi connectivity index (χ1v) is 7.44. The van der Waals surface area contributed by atoms with E-state index in [0.717, 1.165) is 14.8 Å². The Bertz CT molecular complexity index is 513. The van der Waals surface area contributed by atoms with Crippen molar-refractivity contribution >= 4 is 43.2 Å². The zero-order chi connectivity index (χ0) is 12.3. The van der Waals surface area contributed by atoms with Crippen molar-refractivity contribution in [2.24, 2.45) is 0 Å². The summed E-state index contributed by atoms with van der Waals surface area (Å²) < 4.78 is 15.4. The van der Waals surface area contributed by atoms with Gasteiger partial charge in [0.05, 0.1) is 3.79 Å². The Kier molecular flexibility index (Phi) is 4.73. The van der Waals surface area contributed by atoms with E-state index in [9.17, 15) is 4.39 Å². The fourth-order valence-electron chi connectivity index (χ4n) is 1.45. The smallest absolute Gasteiger partial charge is 0.127 e. The Labute approximate surface area is 120 Å². The minimum absolute atomic E-state index is 0.173. The lowest BCUT2D eigenvalue weighted by Crippen LogP contribution is -2.12. The topological polar surface area (TPSA) is 12.0 Å².